The third kappa shape index (κ3) is 3.02. The van der Waals surface area contributed by atoms with Gasteiger partial charge in [0.15, 0.2) is 11.0 Å². The molecule has 0 fully saturated rings. The molecular weight excluding hydrogens is 302 g/mol. The zero-order valence-electron chi connectivity index (χ0n) is 12.2. The molecule has 0 amide bonds. The number of hydrogen-bond donors (Lipinski definition) is 1. The van der Waals surface area contributed by atoms with Crippen LogP contribution in [0.5, 0.6) is 0 Å². The minimum absolute atomic E-state index is 0.137. The van der Waals surface area contributed by atoms with Crippen molar-refractivity contribution in [1.29, 1.82) is 0 Å². The minimum atomic E-state index is -0.137. The number of thioether (sulfide) groups is 1. The summed E-state index contributed by atoms with van der Waals surface area (Å²) < 4.78 is 6.99. The molecule has 114 valence electrons. The van der Waals surface area contributed by atoms with Gasteiger partial charge < -0.3 is 14.2 Å². The Morgan fingerprint density at radius 1 is 1.23 bits per heavy atom. The van der Waals surface area contributed by atoms with Crippen molar-refractivity contribution in [2.75, 3.05) is 0 Å². The Labute approximate surface area is 131 Å². The molecule has 0 spiro atoms. The summed E-state index contributed by atoms with van der Waals surface area (Å²) in [5, 5.41) is 21.7. The van der Waals surface area contributed by atoms with Crippen molar-refractivity contribution in [1.82, 2.24) is 24.9 Å². The van der Waals surface area contributed by atoms with E-state index in [4.69, 9.17) is 9.63 Å². The van der Waals surface area contributed by atoms with Crippen LogP contribution in [-0.4, -0.2) is 30.0 Å². The Morgan fingerprint density at radius 2 is 2.00 bits per heavy atom. The molecule has 0 saturated heterocycles. The van der Waals surface area contributed by atoms with E-state index in [9.17, 15) is 0 Å². The Hall–Kier alpha value is -2.19. The predicted octanol–water partition coefficient (Wildman–Crippen LogP) is 1.96. The summed E-state index contributed by atoms with van der Waals surface area (Å²) in [4.78, 5) is 4.38. The topological polar surface area (TPSA) is 89.9 Å². The number of benzene rings is 1. The summed E-state index contributed by atoms with van der Waals surface area (Å²) in [7, 11) is 1.80. The van der Waals surface area contributed by atoms with Gasteiger partial charge in [-0.15, -0.1) is 10.2 Å². The first-order valence-corrected chi connectivity index (χ1v) is 7.67. The van der Waals surface area contributed by atoms with E-state index in [-0.39, 0.29) is 6.61 Å². The summed E-state index contributed by atoms with van der Waals surface area (Å²) in [6, 6.07) is 7.95. The lowest BCUT2D eigenvalue weighted by Crippen LogP contribution is -1.98. The van der Waals surface area contributed by atoms with Gasteiger partial charge in [0, 0.05) is 12.6 Å². The molecule has 0 saturated carbocycles. The largest absolute Gasteiger partial charge is 0.388 e. The lowest BCUT2D eigenvalue weighted by Gasteiger charge is -1.99. The molecule has 0 bridgehead atoms. The molecule has 0 radical (unpaired) electrons. The summed E-state index contributed by atoms with van der Waals surface area (Å²) >= 11 is 1.43. The normalized spacial score (nSPS) is 11.0. The molecule has 2 aromatic heterocycles. The van der Waals surface area contributed by atoms with Crippen LogP contribution in [0.25, 0.3) is 11.4 Å². The van der Waals surface area contributed by atoms with Gasteiger partial charge in [0.05, 0.1) is 5.75 Å². The van der Waals surface area contributed by atoms with Crippen LogP contribution < -0.4 is 0 Å². The maximum atomic E-state index is 9.09. The van der Waals surface area contributed by atoms with Crippen LogP contribution in [0.2, 0.25) is 0 Å². The van der Waals surface area contributed by atoms with Gasteiger partial charge in [-0.05, 0) is 6.92 Å². The third-order valence-electron chi connectivity index (χ3n) is 3.17. The molecule has 0 unspecified atom stereocenters. The number of aliphatic hydroxyl groups is 1. The molecule has 2 heterocycles. The average Bonchev–Trinajstić information content (AvgIpc) is 3.13. The van der Waals surface area contributed by atoms with Crippen molar-refractivity contribution in [3.05, 3.63) is 41.5 Å². The fraction of sp³-hybridized carbons (Fsp3) is 0.286. The lowest BCUT2D eigenvalue weighted by atomic mass is 10.1. The molecule has 0 atom stereocenters. The minimum Gasteiger partial charge on any atom is -0.388 e. The summed E-state index contributed by atoms with van der Waals surface area (Å²) in [5.41, 5.74) is 2.11. The van der Waals surface area contributed by atoms with Crippen LogP contribution in [-0.2, 0) is 19.4 Å². The van der Waals surface area contributed by atoms with Gasteiger partial charge >= 0.3 is 0 Å². The second-order valence-corrected chi connectivity index (χ2v) is 5.72. The van der Waals surface area contributed by atoms with Crippen LogP contribution in [0, 0.1) is 6.92 Å². The van der Waals surface area contributed by atoms with E-state index in [1.165, 1.54) is 17.3 Å². The third-order valence-corrected chi connectivity index (χ3v) is 4.17. The Bertz CT molecular complexity index is 766. The number of hydrogen-bond acceptors (Lipinski definition) is 7. The highest BCUT2D eigenvalue weighted by atomic mass is 32.2. The van der Waals surface area contributed by atoms with Gasteiger partial charge in [0.2, 0.25) is 11.7 Å². The fourth-order valence-electron chi connectivity index (χ4n) is 1.87. The van der Waals surface area contributed by atoms with Crippen LogP contribution in [0.3, 0.4) is 0 Å². The van der Waals surface area contributed by atoms with Gasteiger partial charge in [-0.3, -0.25) is 0 Å². The van der Waals surface area contributed by atoms with Crippen LogP contribution in [0.15, 0.2) is 33.9 Å². The van der Waals surface area contributed by atoms with E-state index >= 15 is 0 Å². The van der Waals surface area contributed by atoms with Crippen LogP contribution in [0.4, 0.5) is 0 Å². The summed E-state index contributed by atoms with van der Waals surface area (Å²) in [6.45, 7) is 1.89. The Balaban J connectivity index is 1.69. The van der Waals surface area contributed by atoms with Crippen molar-refractivity contribution in [3.63, 3.8) is 0 Å². The number of aryl methyl sites for hydroxylation is 1. The zero-order chi connectivity index (χ0) is 15.5. The van der Waals surface area contributed by atoms with Gasteiger partial charge in [-0.2, -0.15) is 4.98 Å². The van der Waals surface area contributed by atoms with Gasteiger partial charge in [-0.1, -0.05) is 46.7 Å². The first-order valence-electron chi connectivity index (χ1n) is 6.69. The molecule has 0 aliphatic rings. The van der Waals surface area contributed by atoms with Crippen molar-refractivity contribution < 1.29 is 9.63 Å². The average molecular weight is 317 g/mol. The first-order chi connectivity index (χ1) is 10.7. The maximum Gasteiger partial charge on any atom is 0.237 e. The zero-order valence-corrected chi connectivity index (χ0v) is 13.0. The van der Waals surface area contributed by atoms with Crippen molar-refractivity contribution in [2.24, 2.45) is 7.05 Å². The molecular formula is C14H15N5O2S. The van der Waals surface area contributed by atoms with E-state index in [0.717, 1.165) is 5.56 Å². The van der Waals surface area contributed by atoms with E-state index in [1.54, 1.807) is 11.6 Å². The second kappa shape index (κ2) is 6.29. The molecule has 1 N–H and O–H groups in total. The van der Waals surface area contributed by atoms with Crippen LogP contribution >= 0.6 is 11.8 Å². The smallest absolute Gasteiger partial charge is 0.237 e. The predicted molar refractivity (Wildman–Crippen MR) is 81.0 cm³/mol. The van der Waals surface area contributed by atoms with Gasteiger partial charge in [-0.25, -0.2) is 0 Å². The highest BCUT2D eigenvalue weighted by molar-refractivity contribution is 7.98. The fourth-order valence-corrected chi connectivity index (χ4v) is 2.64. The molecule has 22 heavy (non-hydrogen) atoms. The highest BCUT2D eigenvalue weighted by Gasteiger charge is 2.12. The van der Waals surface area contributed by atoms with E-state index < -0.39 is 0 Å². The van der Waals surface area contributed by atoms with Crippen molar-refractivity contribution in [3.8, 4) is 11.4 Å². The molecule has 0 aliphatic carbocycles. The monoisotopic (exact) mass is 317 g/mol. The first kappa shape index (κ1) is 14.7. The van der Waals surface area contributed by atoms with E-state index in [1.807, 2.05) is 31.2 Å². The lowest BCUT2D eigenvalue weighted by molar-refractivity contribution is 0.266. The molecule has 8 heteroatoms. The van der Waals surface area contributed by atoms with Gasteiger partial charge in [0.1, 0.15) is 6.61 Å². The summed E-state index contributed by atoms with van der Waals surface area (Å²) in [5.74, 6) is 2.11. The standard InChI is InChI=1S/C14H15N5O2S/c1-9-3-5-10(6-4-9)13-15-12(21-18-13)8-22-14-17-16-11(7-20)19(14)2/h3-6,20H,7-8H2,1-2H3. The molecule has 7 nitrogen and oxygen atoms in total. The number of aromatic nitrogens is 5. The Morgan fingerprint density at radius 3 is 2.68 bits per heavy atom. The number of nitrogens with zero attached hydrogens (tertiary/aromatic N) is 5. The van der Waals surface area contributed by atoms with Crippen molar-refractivity contribution >= 4 is 11.8 Å². The second-order valence-electron chi connectivity index (χ2n) is 4.78. The molecule has 1 aromatic carbocycles. The maximum absolute atomic E-state index is 9.09. The van der Waals surface area contributed by atoms with Crippen LogP contribution in [0.1, 0.15) is 17.3 Å². The SMILES string of the molecule is Cc1ccc(-c2noc(CSc3nnc(CO)n3C)n2)cc1. The summed E-state index contributed by atoms with van der Waals surface area (Å²) in [6.07, 6.45) is 0. The highest BCUT2D eigenvalue weighted by Crippen LogP contribution is 2.22. The Kier molecular flexibility index (Phi) is 4.21. The van der Waals surface area contributed by atoms with E-state index in [0.29, 0.717) is 28.4 Å². The molecule has 0 aliphatic heterocycles. The molecule has 3 aromatic rings. The van der Waals surface area contributed by atoms with Crippen molar-refractivity contribution in [2.45, 2.75) is 24.4 Å². The number of aliphatic hydroxyl groups excluding tert-OH is 1. The molecule has 3 rings (SSSR count). The number of rotatable bonds is 5. The quantitative estimate of drug-likeness (QED) is 0.719. The van der Waals surface area contributed by atoms with Gasteiger partial charge in [0.25, 0.3) is 0 Å². The van der Waals surface area contributed by atoms with E-state index in [2.05, 4.69) is 20.3 Å².